The molecule has 0 aliphatic rings. The number of pyridine rings is 1. The van der Waals surface area contributed by atoms with Gasteiger partial charge in [0.25, 0.3) is 0 Å². The molecule has 0 amide bonds. The Morgan fingerprint density at radius 3 is 2.44 bits per heavy atom. The van der Waals surface area contributed by atoms with Gasteiger partial charge in [0.15, 0.2) is 0 Å². The monoisotopic (exact) mass is 237 g/mol. The van der Waals surface area contributed by atoms with E-state index in [-0.39, 0.29) is 0 Å². The van der Waals surface area contributed by atoms with Crippen LogP contribution in [0.15, 0.2) is 61.6 Å². The highest BCUT2D eigenvalue weighted by Gasteiger charge is 1.87. The van der Waals surface area contributed by atoms with Crippen LogP contribution in [0.3, 0.4) is 0 Å². The number of para-hydroxylation sites is 1. The standard InChI is InChI=1S/C9H7N.C6H8N2/c1-2-6-9-8(4-1)5-3-7-10-9;1-3-6-7-4-5-8(6)2/h1-7H;3-5H,1H2,2H3. The van der Waals surface area contributed by atoms with Crippen LogP contribution >= 0.6 is 0 Å². The van der Waals surface area contributed by atoms with Gasteiger partial charge in [-0.25, -0.2) is 4.98 Å². The maximum Gasteiger partial charge on any atom is 0.131 e. The van der Waals surface area contributed by atoms with Gasteiger partial charge < -0.3 is 4.57 Å². The molecule has 18 heavy (non-hydrogen) atoms. The van der Waals surface area contributed by atoms with Crippen molar-refractivity contribution in [2.75, 3.05) is 0 Å². The first kappa shape index (κ1) is 12.0. The van der Waals surface area contributed by atoms with Gasteiger partial charge in [0, 0.05) is 31.0 Å². The van der Waals surface area contributed by atoms with Crippen LogP contribution in [-0.2, 0) is 7.05 Å². The van der Waals surface area contributed by atoms with E-state index in [0.29, 0.717) is 0 Å². The Balaban J connectivity index is 0.000000138. The molecule has 0 fully saturated rings. The second-order valence-corrected chi connectivity index (χ2v) is 3.80. The maximum atomic E-state index is 4.18. The zero-order valence-corrected chi connectivity index (χ0v) is 10.3. The Kier molecular flexibility index (Phi) is 3.86. The Labute approximate surface area is 106 Å². The Morgan fingerprint density at radius 1 is 1.06 bits per heavy atom. The molecule has 1 aromatic carbocycles. The topological polar surface area (TPSA) is 30.7 Å². The minimum atomic E-state index is 0.907. The van der Waals surface area contributed by atoms with E-state index < -0.39 is 0 Å². The SMILES string of the molecule is C=Cc1nccn1C.c1ccc2ncccc2c1. The molecule has 3 heteroatoms. The van der Waals surface area contributed by atoms with Crippen LogP contribution in [0.2, 0.25) is 0 Å². The molecule has 3 rings (SSSR count). The first-order valence-corrected chi connectivity index (χ1v) is 5.71. The van der Waals surface area contributed by atoms with Crippen LogP contribution in [0.25, 0.3) is 17.0 Å². The lowest BCUT2D eigenvalue weighted by atomic mass is 10.2. The number of fused-ring (bicyclic) bond motifs is 1. The molecule has 0 radical (unpaired) electrons. The highest BCUT2D eigenvalue weighted by molar-refractivity contribution is 5.77. The zero-order chi connectivity index (χ0) is 12.8. The van der Waals surface area contributed by atoms with Crippen LogP contribution in [0.4, 0.5) is 0 Å². The predicted octanol–water partition coefficient (Wildman–Crippen LogP) is 3.30. The van der Waals surface area contributed by atoms with E-state index in [1.807, 2.05) is 48.3 Å². The molecular weight excluding hydrogens is 222 g/mol. The Morgan fingerprint density at radius 2 is 1.83 bits per heavy atom. The van der Waals surface area contributed by atoms with E-state index >= 15 is 0 Å². The van der Waals surface area contributed by atoms with E-state index in [4.69, 9.17) is 0 Å². The van der Waals surface area contributed by atoms with Gasteiger partial charge in [-0.2, -0.15) is 0 Å². The van der Waals surface area contributed by atoms with Crippen molar-refractivity contribution < 1.29 is 0 Å². The van der Waals surface area contributed by atoms with Gasteiger partial charge in [-0.05, 0) is 18.2 Å². The molecular formula is C15H15N3. The summed E-state index contributed by atoms with van der Waals surface area (Å²) in [5, 5.41) is 1.20. The van der Waals surface area contributed by atoms with Crippen LogP contribution in [0.1, 0.15) is 5.82 Å². The molecule has 0 aliphatic heterocycles. The van der Waals surface area contributed by atoms with Crippen molar-refractivity contribution in [3.63, 3.8) is 0 Å². The lowest BCUT2D eigenvalue weighted by Crippen LogP contribution is -1.87. The van der Waals surface area contributed by atoms with Crippen LogP contribution in [0.5, 0.6) is 0 Å². The fourth-order valence-corrected chi connectivity index (χ4v) is 1.59. The molecule has 2 aromatic heterocycles. The lowest BCUT2D eigenvalue weighted by molar-refractivity contribution is 0.898. The summed E-state index contributed by atoms with van der Waals surface area (Å²) in [6.07, 6.45) is 7.16. The number of aryl methyl sites for hydroxylation is 1. The van der Waals surface area contributed by atoms with Crippen LogP contribution in [0, 0.1) is 0 Å². The lowest BCUT2D eigenvalue weighted by Gasteiger charge is -1.91. The third-order valence-electron chi connectivity index (χ3n) is 2.55. The molecule has 0 saturated carbocycles. The van der Waals surface area contributed by atoms with Gasteiger partial charge in [-0.1, -0.05) is 30.8 Å². The van der Waals surface area contributed by atoms with E-state index in [1.165, 1.54) is 5.39 Å². The normalized spacial score (nSPS) is 9.61. The van der Waals surface area contributed by atoms with Crippen LogP contribution < -0.4 is 0 Å². The smallest absolute Gasteiger partial charge is 0.131 e. The number of rotatable bonds is 1. The molecule has 0 N–H and O–H groups in total. The van der Waals surface area contributed by atoms with Crippen molar-refractivity contribution in [1.82, 2.24) is 14.5 Å². The summed E-state index contributed by atoms with van der Waals surface area (Å²) < 4.78 is 1.91. The number of hydrogen-bond acceptors (Lipinski definition) is 2. The minimum Gasteiger partial charge on any atom is -0.335 e. The van der Waals surface area contributed by atoms with Gasteiger partial charge in [0.2, 0.25) is 0 Å². The van der Waals surface area contributed by atoms with Gasteiger partial charge in [-0.15, -0.1) is 0 Å². The summed E-state index contributed by atoms with van der Waals surface area (Å²) in [6.45, 7) is 3.58. The average molecular weight is 237 g/mol. The van der Waals surface area contributed by atoms with E-state index in [0.717, 1.165) is 11.3 Å². The second-order valence-electron chi connectivity index (χ2n) is 3.80. The van der Waals surface area contributed by atoms with Crippen molar-refractivity contribution in [3.05, 3.63) is 67.4 Å². The Bertz CT molecular complexity index is 575. The summed E-state index contributed by atoms with van der Waals surface area (Å²) in [4.78, 5) is 8.16. The highest BCUT2D eigenvalue weighted by atomic mass is 15.0. The molecule has 2 heterocycles. The van der Waals surface area contributed by atoms with Gasteiger partial charge in [0.05, 0.1) is 5.52 Å². The third-order valence-corrected chi connectivity index (χ3v) is 2.55. The fourth-order valence-electron chi connectivity index (χ4n) is 1.59. The van der Waals surface area contributed by atoms with Gasteiger partial charge in [0.1, 0.15) is 5.82 Å². The minimum absolute atomic E-state index is 0.907. The molecule has 3 nitrogen and oxygen atoms in total. The molecule has 3 aromatic rings. The molecule has 0 saturated heterocycles. The Hall–Kier alpha value is -2.42. The van der Waals surface area contributed by atoms with E-state index in [1.54, 1.807) is 12.3 Å². The highest BCUT2D eigenvalue weighted by Crippen LogP contribution is 2.07. The fraction of sp³-hybridized carbons (Fsp3) is 0.0667. The summed E-state index contributed by atoms with van der Waals surface area (Å²) >= 11 is 0. The van der Waals surface area contributed by atoms with Gasteiger partial charge >= 0.3 is 0 Å². The molecule has 0 unspecified atom stereocenters. The average Bonchev–Trinajstić information content (AvgIpc) is 2.85. The molecule has 0 atom stereocenters. The zero-order valence-electron chi connectivity index (χ0n) is 10.3. The number of nitrogens with zero attached hydrogens (tertiary/aromatic N) is 3. The molecule has 0 aliphatic carbocycles. The largest absolute Gasteiger partial charge is 0.335 e. The molecule has 0 bridgehead atoms. The van der Waals surface area contributed by atoms with Crippen molar-refractivity contribution in [1.29, 1.82) is 0 Å². The van der Waals surface area contributed by atoms with Crippen molar-refractivity contribution in [2.45, 2.75) is 0 Å². The van der Waals surface area contributed by atoms with Gasteiger partial charge in [-0.3, -0.25) is 4.98 Å². The van der Waals surface area contributed by atoms with Crippen molar-refractivity contribution in [3.8, 4) is 0 Å². The summed E-state index contributed by atoms with van der Waals surface area (Å²) in [5.74, 6) is 0.907. The van der Waals surface area contributed by atoms with Crippen molar-refractivity contribution in [2.24, 2.45) is 7.05 Å². The molecule has 0 spiro atoms. The second kappa shape index (κ2) is 5.77. The number of benzene rings is 1. The quantitative estimate of drug-likeness (QED) is 0.650. The maximum absolute atomic E-state index is 4.18. The van der Waals surface area contributed by atoms with Crippen molar-refractivity contribution >= 4 is 17.0 Å². The van der Waals surface area contributed by atoms with E-state index in [9.17, 15) is 0 Å². The first-order chi connectivity index (χ1) is 8.81. The summed E-state index contributed by atoms with van der Waals surface area (Å²) in [5.41, 5.74) is 1.06. The number of aromatic nitrogens is 3. The number of hydrogen-bond donors (Lipinski definition) is 0. The predicted molar refractivity (Wildman–Crippen MR) is 75.0 cm³/mol. The number of imidazole rings is 1. The third kappa shape index (κ3) is 2.83. The van der Waals surface area contributed by atoms with Crippen LogP contribution in [-0.4, -0.2) is 14.5 Å². The molecule has 90 valence electrons. The summed E-state index contributed by atoms with van der Waals surface area (Å²) in [6, 6.07) is 12.1. The first-order valence-electron chi connectivity index (χ1n) is 5.71. The summed E-state index contributed by atoms with van der Waals surface area (Å²) in [7, 11) is 1.93. The van der Waals surface area contributed by atoms with E-state index in [2.05, 4.69) is 28.7 Å².